The van der Waals surface area contributed by atoms with Crippen molar-refractivity contribution in [3.05, 3.63) is 29.3 Å². The standard InChI is InChI=1S/C12H20N2/c1-4-8-14(3)9-11-6-5-7-12(13)10(11)2/h5-7H,4,8-9,13H2,1-3H3. The molecule has 0 unspecified atom stereocenters. The van der Waals surface area contributed by atoms with E-state index in [1.165, 1.54) is 17.5 Å². The Hall–Kier alpha value is -1.02. The van der Waals surface area contributed by atoms with Gasteiger partial charge in [-0.1, -0.05) is 19.1 Å². The second-order valence-electron chi connectivity index (χ2n) is 3.87. The monoisotopic (exact) mass is 192 g/mol. The van der Waals surface area contributed by atoms with E-state index in [9.17, 15) is 0 Å². The van der Waals surface area contributed by atoms with E-state index in [1.807, 2.05) is 12.1 Å². The Morgan fingerprint density at radius 1 is 1.36 bits per heavy atom. The molecule has 2 heteroatoms. The lowest BCUT2D eigenvalue weighted by atomic mass is 10.1. The first-order valence-corrected chi connectivity index (χ1v) is 5.17. The Morgan fingerprint density at radius 2 is 2.07 bits per heavy atom. The molecule has 0 heterocycles. The molecule has 0 spiro atoms. The van der Waals surface area contributed by atoms with Crippen molar-refractivity contribution in [2.45, 2.75) is 26.8 Å². The minimum absolute atomic E-state index is 0.896. The molecule has 2 N–H and O–H groups in total. The van der Waals surface area contributed by atoms with Crippen LogP contribution in [0.4, 0.5) is 5.69 Å². The average molecular weight is 192 g/mol. The van der Waals surface area contributed by atoms with Crippen molar-refractivity contribution in [2.75, 3.05) is 19.3 Å². The Kier molecular flexibility index (Phi) is 3.96. The second-order valence-corrected chi connectivity index (χ2v) is 3.87. The van der Waals surface area contributed by atoms with Crippen LogP contribution in [0.15, 0.2) is 18.2 Å². The summed E-state index contributed by atoms with van der Waals surface area (Å²) in [7, 11) is 2.14. The Morgan fingerprint density at radius 3 is 2.71 bits per heavy atom. The van der Waals surface area contributed by atoms with Crippen LogP contribution in [0.3, 0.4) is 0 Å². The number of nitrogens with two attached hydrogens (primary N) is 1. The topological polar surface area (TPSA) is 29.3 Å². The second kappa shape index (κ2) is 5.01. The zero-order valence-electron chi connectivity index (χ0n) is 9.38. The summed E-state index contributed by atoms with van der Waals surface area (Å²) in [6, 6.07) is 6.13. The maximum Gasteiger partial charge on any atom is 0.0346 e. The highest BCUT2D eigenvalue weighted by atomic mass is 15.1. The number of rotatable bonds is 4. The number of benzene rings is 1. The van der Waals surface area contributed by atoms with Gasteiger partial charge in [-0.15, -0.1) is 0 Å². The molecule has 0 aliphatic carbocycles. The summed E-state index contributed by atoms with van der Waals surface area (Å²) >= 11 is 0. The highest BCUT2D eigenvalue weighted by molar-refractivity contribution is 5.49. The van der Waals surface area contributed by atoms with Crippen LogP contribution in [0.5, 0.6) is 0 Å². The molecule has 0 aromatic heterocycles. The highest BCUT2D eigenvalue weighted by Crippen LogP contribution is 2.16. The summed E-state index contributed by atoms with van der Waals surface area (Å²) in [6.45, 7) is 6.41. The predicted octanol–water partition coefficient (Wildman–Crippen LogP) is 2.42. The van der Waals surface area contributed by atoms with Gasteiger partial charge in [-0.3, -0.25) is 0 Å². The zero-order valence-corrected chi connectivity index (χ0v) is 9.38. The molecule has 0 aliphatic heterocycles. The Bertz CT molecular complexity index is 294. The van der Waals surface area contributed by atoms with Gasteiger partial charge in [0, 0.05) is 12.2 Å². The summed E-state index contributed by atoms with van der Waals surface area (Å²) in [5, 5.41) is 0. The largest absolute Gasteiger partial charge is 0.399 e. The van der Waals surface area contributed by atoms with Gasteiger partial charge in [0.25, 0.3) is 0 Å². The lowest BCUT2D eigenvalue weighted by Gasteiger charge is -2.17. The van der Waals surface area contributed by atoms with E-state index in [-0.39, 0.29) is 0 Å². The average Bonchev–Trinajstić information content (AvgIpc) is 2.13. The summed E-state index contributed by atoms with van der Waals surface area (Å²) < 4.78 is 0. The third-order valence-electron chi connectivity index (χ3n) is 2.53. The molecule has 0 saturated carbocycles. The van der Waals surface area contributed by atoms with Crippen LogP contribution in [0, 0.1) is 6.92 Å². The summed E-state index contributed by atoms with van der Waals surface area (Å²) in [5.74, 6) is 0. The number of hydrogen-bond acceptors (Lipinski definition) is 2. The molecule has 2 nitrogen and oxygen atoms in total. The molecule has 1 rings (SSSR count). The van der Waals surface area contributed by atoms with Gasteiger partial charge in [-0.25, -0.2) is 0 Å². The molecule has 0 amide bonds. The van der Waals surface area contributed by atoms with Crippen LogP contribution in [-0.4, -0.2) is 18.5 Å². The van der Waals surface area contributed by atoms with E-state index in [4.69, 9.17) is 5.73 Å². The van der Waals surface area contributed by atoms with Crippen LogP contribution in [0.25, 0.3) is 0 Å². The van der Waals surface area contributed by atoms with Gasteiger partial charge >= 0.3 is 0 Å². The first-order chi connectivity index (χ1) is 6.65. The van der Waals surface area contributed by atoms with Gasteiger partial charge in [-0.2, -0.15) is 0 Å². The minimum Gasteiger partial charge on any atom is -0.399 e. The zero-order chi connectivity index (χ0) is 10.6. The third-order valence-corrected chi connectivity index (χ3v) is 2.53. The van der Waals surface area contributed by atoms with Gasteiger partial charge in [0.1, 0.15) is 0 Å². The van der Waals surface area contributed by atoms with Crippen LogP contribution in [0.2, 0.25) is 0 Å². The summed E-state index contributed by atoms with van der Waals surface area (Å²) in [4.78, 5) is 2.32. The third kappa shape index (κ3) is 2.74. The quantitative estimate of drug-likeness (QED) is 0.742. The smallest absolute Gasteiger partial charge is 0.0346 e. The van der Waals surface area contributed by atoms with Gasteiger partial charge in [-0.05, 0) is 44.1 Å². The van der Waals surface area contributed by atoms with E-state index >= 15 is 0 Å². The Labute approximate surface area is 86.7 Å². The normalized spacial score (nSPS) is 10.9. The van der Waals surface area contributed by atoms with Gasteiger partial charge < -0.3 is 10.6 Å². The molecule has 78 valence electrons. The van der Waals surface area contributed by atoms with E-state index < -0.39 is 0 Å². The molecule has 0 fully saturated rings. The summed E-state index contributed by atoms with van der Waals surface area (Å²) in [6.07, 6.45) is 1.19. The van der Waals surface area contributed by atoms with Crippen LogP contribution >= 0.6 is 0 Å². The molecular formula is C12H20N2. The maximum atomic E-state index is 5.85. The fourth-order valence-corrected chi connectivity index (χ4v) is 1.63. The number of anilines is 1. The van der Waals surface area contributed by atoms with Crippen molar-refractivity contribution in [3.63, 3.8) is 0 Å². The van der Waals surface area contributed by atoms with Crippen molar-refractivity contribution in [1.82, 2.24) is 4.90 Å². The van der Waals surface area contributed by atoms with Crippen LogP contribution < -0.4 is 5.73 Å². The van der Waals surface area contributed by atoms with Crippen LogP contribution in [0.1, 0.15) is 24.5 Å². The predicted molar refractivity (Wildman–Crippen MR) is 62.2 cm³/mol. The molecule has 0 radical (unpaired) electrons. The molecule has 0 saturated heterocycles. The lowest BCUT2D eigenvalue weighted by Crippen LogP contribution is -2.19. The first kappa shape index (κ1) is 11.1. The SMILES string of the molecule is CCCN(C)Cc1cccc(N)c1C. The van der Waals surface area contributed by atoms with Crippen molar-refractivity contribution in [3.8, 4) is 0 Å². The van der Waals surface area contributed by atoms with E-state index in [1.54, 1.807) is 0 Å². The molecule has 0 atom stereocenters. The highest BCUT2D eigenvalue weighted by Gasteiger charge is 2.03. The van der Waals surface area contributed by atoms with E-state index in [0.29, 0.717) is 0 Å². The van der Waals surface area contributed by atoms with E-state index in [2.05, 4.69) is 31.9 Å². The molecule has 1 aromatic rings. The first-order valence-electron chi connectivity index (χ1n) is 5.17. The molecule has 1 aromatic carbocycles. The molecule has 0 bridgehead atoms. The van der Waals surface area contributed by atoms with Crippen LogP contribution in [-0.2, 0) is 6.54 Å². The van der Waals surface area contributed by atoms with E-state index in [0.717, 1.165) is 18.8 Å². The number of hydrogen-bond donors (Lipinski definition) is 1. The number of nitrogen functional groups attached to an aromatic ring is 1. The van der Waals surface area contributed by atoms with Gasteiger partial charge in [0.15, 0.2) is 0 Å². The van der Waals surface area contributed by atoms with Crippen molar-refractivity contribution in [2.24, 2.45) is 0 Å². The Balaban J connectivity index is 2.71. The molecule has 14 heavy (non-hydrogen) atoms. The summed E-state index contributed by atoms with van der Waals surface area (Å²) in [5.41, 5.74) is 9.30. The van der Waals surface area contributed by atoms with Crippen molar-refractivity contribution >= 4 is 5.69 Å². The molecule has 0 aliphatic rings. The lowest BCUT2D eigenvalue weighted by molar-refractivity contribution is 0.327. The number of nitrogens with zero attached hydrogens (tertiary/aromatic N) is 1. The van der Waals surface area contributed by atoms with Gasteiger partial charge in [0.2, 0.25) is 0 Å². The fraction of sp³-hybridized carbons (Fsp3) is 0.500. The van der Waals surface area contributed by atoms with Gasteiger partial charge in [0.05, 0.1) is 0 Å². The van der Waals surface area contributed by atoms with Crippen molar-refractivity contribution < 1.29 is 0 Å². The van der Waals surface area contributed by atoms with Crippen molar-refractivity contribution in [1.29, 1.82) is 0 Å². The fourth-order valence-electron chi connectivity index (χ4n) is 1.63. The molecular weight excluding hydrogens is 172 g/mol. The maximum absolute atomic E-state index is 5.85. The minimum atomic E-state index is 0.896.